The lowest BCUT2D eigenvalue weighted by Gasteiger charge is -2.34. The number of carboxylic acids is 1. The molecule has 3 nitrogen and oxygen atoms in total. The highest BCUT2D eigenvalue weighted by Gasteiger charge is 2.25. The Labute approximate surface area is 118 Å². The number of carboxylic acid groups (broad SMARTS) is 1. The minimum atomic E-state index is -0.678. The fourth-order valence-electron chi connectivity index (χ4n) is 3.47. The number of hydrogen-bond acceptors (Lipinski definition) is 2. The molecule has 0 radical (unpaired) electrons. The van der Waals surface area contributed by atoms with Crippen molar-refractivity contribution < 1.29 is 9.90 Å². The average molecular weight is 269 g/mol. The van der Waals surface area contributed by atoms with Crippen LogP contribution in [0.15, 0.2) is 0 Å². The van der Waals surface area contributed by atoms with E-state index in [4.69, 9.17) is 5.11 Å². The summed E-state index contributed by atoms with van der Waals surface area (Å²) in [4.78, 5) is 13.2. The zero-order chi connectivity index (χ0) is 14.3. The van der Waals surface area contributed by atoms with E-state index in [2.05, 4.69) is 25.7 Å². The summed E-state index contributed by atoms with van der Waals surface area (Å²) in [5.41, 5.74) is 0. The zero-order valence-electron chi connectivity index (χ0n) is 12.9. The van der Waals surface area contributed by atoms with Crippen LogP contribution in [0, 0.1) is 5.92 Å². The van der Waals surface area contributed by atoms with Crippen molar-refractivity contribution in [3.63, 3.8) is 0 Å². The van der Waals surface area contributed by atoms with Crippen LogP contribution >= 0.6 is 0 Å². The molecule has 1 N–H and O–H groups in total. The molecule has 0 aromatic heterocycles. The van der Waals surface area contributed by atoms with Crippen LogP contribution in [-0.2, 0) is 4.79 Å². The monoisotopic (exact) mass is 269 g/mol. The maximum absolute atomic E-state index is 10.8. The van der Waals surface area contributed by atoms with Gasteiger partial charge in [0.25, 0.3) is 0 Å². The van der Waals surface area contributed by atoms with Gasteiger partial charge in [0.1, 0.15) is 0 Å². The first kappa shape index (κ1) is 16.5. The van der Waals surface area contributed by atoms with Gasteiger partial charge in [0.05, 0.1) is 6.42 Å². The largest absolute Gasteiger partial charge is 0.481 e. The number of carbonyl (C=O) groups is 1. The first-order chi connectivity index (χ1) is 9.04. The summed E-state index contributed by atoms with van der Waals surface area (Å²) in [5, 5.41) is 8.88. The van der Waals surface area contributed by atoms with Gasteiger partial charge in [-0.25, -0.2) is 0 Å². The highest BCUT2D eigenvalue weighted by molar-refractivity contribution is 5.66. The van der Waals surface area contributed by atoms with Gasteiger partial charge in [0.2, 0.25) is 0 Å². The van der Waals surface area contributed by atoms with Gasteiger partial charge < -0.3 is 5.11 Å². The molecule has 1 fully saturated rings. The third kappa shape index (κ3) is 5.94. The Balaban J connectivity index is 2.51. The van der Waals surface area contributed by atoms with Crippen LogP contribution in [0.3, 0.4) is 0 Å². The molecule has 1 aliphatic carbocycles. The number of nitrogens with zero attached hydrogens (tertiary/aromatic N) is 1. The van der Waals surface area contributed by atoms with Gasteiger partial charge in [0, 0.05) is 18.6 Å². The van der Waals surface area contributed by atoms with Crippen molar-refractivity contribution in [1.82, 2.24) is 4.90 Å². The van der Waals surface area contributed by atoms with Gasteiger partial charge in [-0.3, -0.25) is 9.69 Å². The van der Waals surface area contributed by atoms with Crippen LogP contribution in [0.2, 0.25) is 0 Å². The predicted molar refractivity (Wildman–Crippen MR) is 79.4 cm³/mol. The Kier molecular flexibility index (Phi) is 7.44. The molecule has 3 heteroatoms. The Bertz CT molecular complexity index is 265. The van der Waals surface area contributed by atoms with Crippen molar-refractivity contribution in [2.75, 3.05) is 6.54 Å². The van der Waals surface area contributed by atoms with Crippen LogP contribution in [-0.4, -0.2) is 34.6 Å². The Hall–Kier alpha value is -0.570. The van der Waals surface area contributed by atoms with E-state index in [9.17, 15) is 4.79 Å². The quantitative estimate of drug-likeness (QED) is 0.712. The molecular weight excluding hydrogens is 238 g/mol. The van der Waals surface area contributed by atoms with Crippen molar-refractivity contribution in [3.8, 4) is 0 Å². The molecular formula is C16H31NO2. The smallest absolute Gasteiger partial charge is 0.304 e. The van der Waals surface area contributed by atoms with Gasteiger partial charge in [-0.15, -0.1) is 0 Å². The number of hydrogen-bond donors (Lipinski definition) is 1. The Morgan fingerprint density at radius 3 is 2.58 bits per heavy atom. The summed E-state index contributed by atoms with van der Waals surface area (Å²) in [6, 6.07) is 1.05. The number of aliphatic carboxylic acids is 1. The van der Waals surface area contributed by atoms with Gasteiger partial charge in [0.15, 0.2) is 0 Å². The molecule has 0 aromatic carbocycles. The molecule has 19 heavy (non-hydrogen) atoms. The average Bonchev–Trinajstić information content (AvgIpc) is 2.55. The maximum Gasteiger partial charge on any atom is 0.304 e. The van der Waals surface area contributed by atoms with Crippen LogP contribution in [0.1, 0.15) is 72.1 Å². The molecule has 0 bridgehead atoms. The first-order valence-corrected chi connectivity index (χ1v) is 8.02. The van der Waals surface area contributed by atoms with Crippen molar-refractivity contribution in [2.45, 2.75) is 84.2 Å². The van der Waals surface area contributed by atoms with Crippen LogP contribution in [0.5, 0.6) is 0 Å². The molecule has 1 aliphatic rings. The normalized spacial score (nSPS) is 24.7. The highest BCUT2D eigenvalue weighted by atomic mass is 16.4. The van der Waals surface area contributed by atoms with Crippen molar-refractivity contribution in [2.24, 2.45) is 5.92 Å². The second kappa shape index (κ2) is 8.57. The van der Waals surface area contributed by atoms with Crippen LogP contribution in [0.25, 0.3) is 0 Å². The van der Waals surface area contributed by atoms with E-state index < -0.39 is 5.97 Å². The molecule has 0 heterocycles. The molecule has 2 unspecified atom stereocenters. The summed E-state index contributed by atoms with van der Waals surface area (Å²) >= 11 is 0. The maximum atomic E-state index is 10.8. The van der Waals surface area contributed by atoms with E-state index in [1.165, 1.54) is 44.9 Å². The Morgan fingerprint density at radius 1 is 1.26 bits per heavy atom. The molecule has 0 saturated heterocycles. The minimum absolute atomic E-state index is 0.271. The molecule has 0 amide bonds. The zero-order valence-corrected chi connectivity index (χ0v) is 12.9. The Morgan fingerprint density at radius 2 is 2.00 bits per heavy atom. The summed E-state index contributed by atoms with van der Waals surface area (Å²) in [5.74, 6) is 0.228. The highest BCUT2D eigenvalue weighted by Crippen LogP contribution is 2.29. The van der Waals surface area contributed by atoms with Crippen LogP contribution < -0.4 is 0 Å². The topological polar surface area (TPSA) is 40.5 Å². The lowest BCUT2D eigenvalue weighted by atomic mass is 9.95. The second-order valence-corrected chi connectivity index (χ2v) is 6.29. The van der Waals surface area contributed by atoms with E-state index in [0.29, 0.717) is 18.6 Å². The van der Waals surface area contributed by atoms with Gasteiger partial charge in [-0.1, -0.05) is 32.6 Å². The van der Waals surface area contributed by atoms with Crippen molar-refractivity contribution in [1.29, 1.82) is 0 Å². The van der Waals surface area contributed by atoms with Crippen molar-refractivity contribution >= 4 is 5.97 Å². The summed E-state index contributed by atoms with van der Waals surface area (Å²) in [6.45, 7) is 7.36. The van der Waals surface area contributed by atoms with E-state index >= 15 is 0 Å². The van der Waals surface area contributed by atoms with E-state index in [1.54, 1.807) is 0 Å². The second-order valence-electron chi connectivity index (χ2n) is 6.29. The molecule has 0 aromatic rings. The van der Waals surface area contributed by atoms with E-state index in [0.717, 1.165) is 5.92 Å². The first-order valence-electron chi connectivity index (χ1n) is 8.02. The molecule has 2 atom stereocenters. The summed E-state index contributed by atoms with van der Waals surface area (Å²) in [6.07, 6.45) is 9.44. The molecule has 1 rings (SSSR count). The third-order valence-corrected chi connectivity index (χ3v) is 4.47. The molecule has 112 valence electrons. The fourth-order valence-corrected chi connectivity index (χ4v) is 3.47. The number of rotatable bonds is 7. The third-order valence-electron chi connectivity index (χ3n) is 4.47. The van der Waals surface area contributed by atoms with Crippen molar-refractivity contribution in [3.05, 3.63) is 0 Å². The molecule has 0 spiro atoms. The van der Waals surface area contributed by atoms with Gasteiger partial charge in [-0.05, 0) is 39.0 Å². The van der Waals surface area contributed by atoms with E-state index in [-0.39, 0.29) is 6.42 Å². The molecule has 0 aliphatic heterocycles. The standard InChI is InChI=1S/C16H31NO2/c1-4-6-14-7-5-8-15(10-9-14)17(13(2)3)12-11-16(18)19/h13-15H,4-12H2,1-3H3,(H,18,19). The van der Waals surface area contributed by atoms with Crippen LogP contribution in [0.4, 0.5) is 0 Å². The lowest BCUT2D eigenvalue weighted by molar-refractivity contribution is -0.137. The SMILES string of the molecule is CCCC1CCCC(N(CCC(=O)O)C(C)C)CC1. The summed E-state index contributed by atoms with van der Waals surface area (Å²) < 4.78 is 0. The van der Waals surface area contributed by atoms with E-state index in [1.807, 2.05) is 0 Å². The lowest BCUT2D eigenvalue weighted by Crippen LogP contribution is -2.41. The van der Waals surface area contributed by atoms with Gasteiger partial charge in [-0.2, -0.15) is 0 Å². The predicted octanol–water partition coefficient (Wildman–Crippen LogP) is 3.92. The summed E-state index contributed by atoms with van der Waals surface area (Å²) in [7, 11) is 0. The fraction of sp³-hybridized carbons (Fsp3) is 0.938. The minimum Gasteiger partial charge on any atom is -0.481 e. The van der Waals surface area contributed by atoms with Gasteiger partial charge >= 0.3 is 5.97 Å². The molecule has 1 saturated carbocycles.